The van der Waals surface area contributed by atoms with Crippen molar-refractivity contribution in [2.75, 3.05) is 13.1 Å². The number of likely N-dealkylation sites (tertiary alicyclic amines) is 1. The number of amidine groups is 1. The van der Waals surface area contributed by atoms with E-state index in [9.17, 15) is 0 Å². The van der Waals surface area contributed by atoms with E-state index in [2.05, 4.69) is 28.7 Å². The lowest BCUT2D eigenvalue weighted by atomic mass is 9.79. The fourth-order valence-electron chi connectivity index (χ4n) is 2.11. The van der Waals surface area contributed by atoms with Crippen molar-refractivity contribution in [3.63, 3.8) is 0 Å². The third kappa shape index (κ3) is 2.44. The third-order valence-corrected chi connectivity index (χ3v) is 4.33. The summed E-state index contributed by atoms with van der Waals surface area (Å²) in [6.45, 7) is 5.24. The second-order valence-electron chi connectivity index (χ2n) is 4.88. The average Bonchev–Trinajstić information content (AvgIpc) is 2.74. The molecule has 4 heteroatoms. The minimum absolute atomic E-state index is 0.0643. The highest BCUT2D eigenvalue weighted by Crippen LogP contribution is 2.31. The molecule has 0 radical (unpaired) electrons. The molecule has 0 bridgehead atoms. The van der Waals surface area contributed by atoms with Crippen molar-refractivity contribution in [3.05, 3.63) is 22.4 Å². The van der Waals surface area contributed by atoms with Crippen LogP contribution >= 0.6 is 11.3 Å². The van der Waals surface area contributed by atoms with Crippen molar-refractivity contribution in [2.24, 2.45) is 11.1 Å². The zero-order chi connectivity index (χ0) is 11.6. The predicted octanol–water partition coefficient (Wildman–Crippen LogP) is 2.29. The highest BCUT2D eigenvalue weighted by molar-refractivity contribution is 7.07. The Morgan fingerprint density at radius 3 is 2.75 bits per heavy atom. The SMILES string of the molecule is CC1(C(=N)N)CCN(Cc2ccsc2)CC1. The molecule has 1 aliphatic rings. The summed E-state index contributed by atoms with van der Waals surface area (Å²) >= 11 is 1.75. The van der Waals surface area contributed by atoms with Crippen LogP contribution in [-0.2, 0) is 6.54 Å². The van der Waals surface area contributed by atoms with Gasteiger partial charge in [-0.2, -0.15) is 11.3 Å². The molecule has 1 fully saturated rings. The Bertz CT molecular complexity index is 350. The van der Waals surface area contributed by atoms with Gasteiger partial charge < -0.3 is 5.73 Å². The van der Waals surface area contributed by atoms with Crippen LogP contribution in [0.15, 0.2) is 16.8 Å². The monoisotopic (exact) mass is 237 g/mol. The molecule has 0 unspecified atom stereocenters. The molecule has 0 aromatic carbocycles. The fourth-order valence-corrected chi connectivity index (χ4v) is 2.77. The number of nitrogens with two attached hydrogens (primary N) is 1. The maximum Gasteiger partial charge on any atom is 0.0966 e. The van der Waals surface area contributed by atoms with Gasteiger partial charge in [0.15, 0.2) is 0 Å². The van der Waals surface area contributed by atoms with E-state index >= 15 is 0 Å². The summed E-state index contributed by atoms with van der Waals surface area (Å²) in [5, 5.41) is 11.9. The summed E-state index contributed by atoms with van der Waals surface area (Å²) in [4.78, 5) is 2.45. The fraction of sp³-hybridized carbons (Fsp3) is 0.583. The van der Waals surface area contributed by atoms with Gasteiger partial charge in [0.05, 0.1) is 5.84 Å². The molecule has 88 valence electrons. The van der Waals surface area contributed by atoms with E-state index in [1.165, 1.54) is 5.56 Å². The Balaban J connectivity index is 1.88. The average molecular weight is 237 g/mol. The number of rotatable bonds is 3. The maximum atomic E-state index is 7.61. The van der Waals surface area contributed by atoms with Crippen LogP contribution in [0.25, 0.3) is 0 Å². The first-order valence-electron chi connectivity index (χ1n) is 5.68. The Kier molecular flexibility index (Phi) is 3.30. The Hall–Kier alpha value is -0.870. The first-order valence-corrected chi connectivity index (χ1v) is 6.62. The summed E-state index contributed by atoms with van der Waals surface area (Å²) in [5.74, 6) is 0.350. The van der Waals surface area contributed by atoms with Gasteiger partial charge in [-0.15, -0.1) is 0 Å². The number of thiophene rings is 1. The second-order valence-corrected chi connectivity index (χ2v) is 5.66. The number of nitrogens with one attached hydrogen (secondary N) is 1. The van der Waals surface area contributed by atoms with E-state index in [4.69, 9.17) is 11.1 Å². The first kappa shape index (κ1) is 11.6. The molecule has 1 aromatic rings. The summed E-state index contributed by atoms with van der Waals surface area (Å²) < 4.78 is 0. The van der Waals surface area contributed by atoms with Crippen molar-refractivity contribution >= 4 is 17.2 Å². The van der Waals surface area contributed by atoms with Gasteiger partial charge in [0.1, 0.15) is 0 Å². The van der Waals surface area contributed by atoms with Gasteiger partial charge in [-0.25, -0.2) is 0 Å². The normalized spacial score (nSPS) is 20.8. The lowest BCUT2D eigenvalue weighted by Crippen LogP contribution is -2.44. The van der Waals surface area contributed by atoms with Gasteiger partial charge in [0, 0.05) is 12.0 Å². The minimum atomic E-state index is -0.0643. The molecule has 2 heterocycles. The third-order valence-electron chi connectivity index (χ3n) is 3.60. The van der Waals surface area contributed by atoms with E-state index in [1.54, 1.807) is 11.3 Å². The van der Waals surface area contributed by atoms with Crippen LogP contribution in [0, 0.1) is 10.8 Å². The van der Waals surface area contributed by atoms with E-state index in [1.807, 2.05) is 0 Å². The zero-order valence-electron chi connectivity index (χ0n) is 9.70. The lowest BCUT2D eigenvalue weighted by molar-refractivity contribution is 0.156. The van der Waals surface area contributed by atoms with E-state index in [-0.39, 0.29) is 5.41 Å². The van der Waals surface area contributed by atoms with Crippen molar-refractivity contribution in [3.8, 4) is 0 Å². The molecule has 2 rings (SSSR count). The van der Waals surface area contributed by atoms with Crippen molar-refractivity contribution in [1.82, 2.24) is 4.90 Å². The summed E-state index contributed by atoms with van der Waals surface area (Å²) in [7, 11) is 0. The Labute approximate surface area is 101 Å². The summed E-state index contributed by atoms with van der Waals surface area (Å²) in [5.41, 5.74) is 6.98. The molecule has 0 spiro atoms. The molecule has 1 saturated heterocycles. The van der Waals surface area contributed by atoms with Gasteiger partial charge in [-0.1, -0.05) is 6.92 Å². The van der Waals surface area contributed by atoms with Gasteiger partial charge in [-0.05, 0) is 48.3 Å². The van der Waals surface area contributed by atoms with Crippen LogP contribution < -0.4 is 5.73 Å². The van der Waals surface area contributed by atoms with Gasteiger partial charge in [-0.3, -0.25) is 10.3 Å². The number of piperidine rings is 1. The van der Waals surface area contributed by atoms with E-state index in [0.717, 1.165) is 32.5 Å². The maximum absolute atomic E-state index is 7.61. The van der Waals surface area contributed by atoms with Crippen LogP contribution in [-0.4, -0.2) is 23.8 Å². The van der Waals surface area contributed by atoms with E-state index < -0.39 is 0 Å². The minimum Gasteiger partial charge on any atom is -0.387 e. The van der Waals surface area contributed by atoms with Crippen LogP contribution in [0.1, 0.15) is 25.3 Å². The van der Waals surface area contributed by atoms with Gasteiger partial charge >= 0.3 is 0 Å². The molecule has 0 saturated carbocycles. The molecule has 0 aliphatic carbocycles. The molecule has 16 heavy (non-hydrogen) atoms. The van der Waals surface area contributed by atoms with Crippen LogP contribution in [0.3, 0.4) is 0 Å². The van der Waals surface area contributed by atoms with Crippen LogP contribution in [0.4, 0.5) is 0 Å². The van der Waals surface area contributed by atoms with Gasteiger partial charge in [0.2, 0.25) is 0 Å². The van der Waals surface area contributed by atoms with Crippen molar-refractivity contribution in [2.45, 2.75) is 26.3 Å². The first-order chi connectivity index (χ1) is 7.60. The summed E-state index contributed by atoms with van der Waals surface area (Å²) in [6, 6.07) is 2.18. The molecule has 1 aliphatic heterocycles. The highest BCUT2D eigenvalue weighted by atomic mass is 32.1. The molecule has 3 nitrogen and oxygen atoms in total. The largest absolute Gasteiger partial charge is 0.387 e. The molecule has 0 atom stereocenters. The predicted molar refractivity (Wildman–Crippen MR) is 68.9 cm³/mol. The quantitative estimate of drug-likeness (QED) is 0.626. The second kappa shape index (κ2) is 4.55. The molecule has 0 amide bonds. The standard InChI is InChI=1S/C12H19N3S/c1-12(11(13)14)3-5-15(6-4-12)8-10-2-7-16-9-10/h2,7,9H,3-6,8H2,1H3,(H3,13,14). The molecule has 1 aromatic heterocycles. The highest BCUT2D eigenvalue weighted by Gasteiger charge is 2.32. The Morgan fingerprint density at radius 1 is 1.56 bits per heavy atom. The zero-order valence-corrected chi connectivity index (χ0v) is 10.5. The smallest absolute Gasteiger partial charge is 0.0966 e. The Morgan fingerprint density at radius 2 is 2.25 bits per heavy atom. The molecule has 3 N–H and O–H groups in total. The number of hydrogen-bond acceptors (Lipinski definition) is 3. The molecular weight excluding hydrogens is 218 g/mol. The van der Waals surface area contributed by atoms with Gasteiger partial charge in [0.25, 0.3) is 0 Å². The van der Waals surface area contributed by atoms with Crippen LogP contribution in [0.5, 0.6) is 0 Å². The van der Waals surface area contributed by atoms with Crippen LogP contribution in [0.2, 0.25) is 0 Å². The molecular formula is C12H19N3S. The lowest BCUT2D eigenvalue weighted by Gasteiger charge is -2.38. The van der Waals surface area contributed by atoms with E-state index in [0.29, 0.717) is 5.84 Å². The van der Waals surface area contributed by atoms with Crippen molar-refractivity contribution in [1.29, 1.82) is 5.41 Å². The summed E-state index contributed by atoms with van der Waals surface area (Å²) in [6.07, 6.45) is 2.01. The van der Waals surface area contributed by atoms with Crippen molar-refractivity contribution < 1.29 is 0 Å². The number of nitrogens with zero attached hydrogens (tertiary/aromatic N) is 1. The number of hydrogen-bond donors (Lipinski definition) is 2. The topological polar surface area (TPSA) is 53.1 Å².